The summed E-state index contributed by atoms with van der Waals surface area (Å²) in [4.78, 5) is 20.9. The lowest BCUT2D eigenvalue weighted by Crippen LogP contribution is -2.41. The van der Waals surface area contributed by atoms with Crippen LogP contribution in [0.15, 0.2) is 47.5 Å². The third-order valence-corrected chi connectivity index (χ3v) is 8.00. The van der Waals surface area contributed by atoms with Crippen LogP contribution in [0, 0.1) is 17.2 Å². The van der Waals surface area contributed by atoms with Gasteiger partial charge in [0.05, 0.1) is 17.3 Å². The first-order valence-electron chi connectivity index (χ1n) is 14.1. The highest BCUT2D eigenvalue weighted by Crippen LogP contribution is 2.40. The van der Waals surface area contributed by atoms with Crippen LogP contribution in [-0.4, -0.2) is 49.5 Å². The predicted molar refractivity (Wildman–Crippen MR) is 152 cm³/mol. The summed E-state index contributed by atoms with van der Waals surface area (Å²) < 4.78 is 5.43. The first-order chi connectivity index (χ1) is 18.5. The van der Waals surface area contributed by atoms with E-state index in [9.17, 15) is 10.1 Å². The monoisotopic (exact) mass is 513 g/mol. The second-order valence-electron chi connectivity index (χ2n) is 11.2. The number of nitrogens with one attached hydrogen (secondary N) is 2. The highest BCUT2D eigenvalue weighted by atomic mass is 16.5. The van der Waals surface area contributed by atoms with Crippen molar-refractivity contribution in [3.8, 4) is 6.07 Å². The average Bonchev–Trinajstić information content (AvgIpc) is 3.04. The number of carbonyl (C=O) groups is 1. The van der Waals surface area contributed by atoms with Gasteiger partial charge in [-0.2, -0.15) is 5.26 Å². The van der Waals surface area contributed by atoms with Crippen LogP contribution >= 0.6 is 0 Å². The van der Waals surface area contributed by atoms with E-state index in [-0.39, 0.29) is 5.91 Å². The van der Waals surface area contributed by atoms with Gasteiger partial charge >= 0.3 is 0 Å². The summed E-state index contributed by atoms with van der Waals surface area (Å²) in [6.07, 6.45) is 7.94. The van der Waals surface area contributed by atoms with Gasteiger partial charge in [0.2, 0.25) is 0 Å². The number of anilines is 3. The Hall–Kier alpha value is -3.21. The molecule has 0 aromatic heterocycles. The predicted octanol–water partition coefficient (Wildman–Crippen LogP) is 5.57. The van der Waals surface area contributed by atoms with E-state index in [0.717, 1.165) is 80.3 Å². The molecule has 0 atom stereocenters. The standard InChI is InChI=1S/C31H39N5O2/c1-31(2)30(37)36(26-11-9-24(10-12-26)33-16-17-34-25-14-18-38-19-15-25)28-20-22(21-32)8-13-27(28)29(35-31)23-6-4-3-5-7-23/h8-13,20,23,25,33-34H,3-7,14-19H2,1-2H3. The molecular weight excluding hydrogens is 474 g/mol. The Kier molecular flexibility index (Phi) is 8.11. The van der Waals surface area contributed by atoms with Crippen molar-refractivity contribution in [1.82, 2.24) is 5.32 Å². The first-order valence-corrected chi connectivity index (χ1v) is 14.1. The van der Waals surface area contributed by atoms with Crippen LogP contribution in [0.25, 0.3) is 0 Å². The number of hydrogen-bond acceptors (Lipinski definition) is 6. The molecule has 2 aromatic carbocycles. The van der Waals surface area contributed by atoms with E-state index in [4.69, 9.17) is 9.73 Å². The molecule has 1 saturated heterocycles. The molecule has 3 aliphatic rings. The molecule has 38 heavy (non-hydrogen) atoms. The molecule has 7 heteroatoms. The van der Waals surface area contributed by atoms with E-state index in [0.29, 0.717) is 17.5 Å². The summed E-state index contributed by atoms with van der Waals surface area (Å²) in [5.41, 5.74) is 4.16. The zero-order valence-electron chi connectivity index (χ0n) is 22.6. The van der Waals surface area contributed by atoms with Crippen molar-refractivity contribution in [3.63, 3.8) is 0 Å². The van der Waals surface area contributed by atoms with Crippen LogP contribution < -0.4 is 15.5 Å². The van der Waals surface area contributed by atoms with Gasteiger partial charge in [-0.15, -0.1) is 0 Å². The van der Waals surface area contributed by atoms with Gasteiger partial charge < -0.3 is 15.4 Å². The maximum atomic E-state index is 14.0. The molecule has 200 valence electrons. The fraction of sp³-hybridized carbons (Fsp3) is 0.516. The van der Waals surface area contributed by atoms with Gasteiger partial charge in [0, 0.05) is 60.9 Å². The number of fused-ring (bicyclic) bond motifs is 1. The lowest BCUT2D eigenvalue weighted by Gasteiger charge is -2.28. The van der Waals surface area contributed by atoms with Gasteiger partial charge in [-0.05, 0) is 82.0 Å². The van der Waals surface area contributed by atoms with E-state index < -0.39 is 5.54 Å². The van der Waals surface area contributed by atoms with E-state index >= 15 is 0 Å². The number of benzodiazepines with no additional fused rings is 1. The molecule has 7 nitrogen and oxygen atoms in total. The SMILES string of the molecule is CC1(C)N=C(C2CCCCC2)c2ccc(C#N)cc2N(c2ccc(NCCNC3CCOCC3)cc2)C1=O. The Morgan fingerprint density at radius 1 is 1.03 bits per heavy atom. The lowest BCUT2D eigenvalue weighted by atomic mass is 9.82. The molecule has 0 radical (unpaired) electrons. The van der Waals surface area contributed by atoms with Gasteiger partial charge in [0.1, 0.15) is 5.54 Å². The number of nitrogens with zero attached hydrogens (tertiary/aromatic N) is 3. The minimum absolute atomic E-state index is 0.0824. The largest absolute Gasteiger partial charge is 0.384 e. The summed E-state index contributed by atoms with van der Waals surface area (Å²) in [7, 11) is 0. The van der Waals surface area contributed by atoms with Crippen molar-refractivity contribution in [2.75, 3.05) is 36.5 Å². The zero-order chi connectivity index (χ0) is 26.5. The summed E-state index contributed by atoms with van der Waals surface area (Å²) in [6.45, 7) is 7.19. The number of carbonyl (C=O) groups excluding carboxylic acids is 1. The summed E-state index contributed by atoms with van der Waals surface area (Å²) >= 11 is 0. The van der Waals surface area contributed by atoms with Crippen LogP contribution in [-0.2, 0) is 9.53 Å². The molecule has 0 bridgehead atoms. The molecule has 0 spiro atoms. The number of nitriles is 1. The summed E-state index contributed by atoms with van der Waals surface area (Å²) in [5.74, 6) is 0.254. The number of hydrogen-bond donors (Lipinski definition) is 2. The number of benzene rings is 2. The van der Waals surface area contributed by atoms with Gasteiger partial charge in [0.15, 0.2) is 0 Å². The third-order valence-electron chi connectivity index (χ3n) is 8.00. The Morgan fingerprint density at radius 2 is 1.76 bits per heavy atom. The maximum absolute atomic E-state index is 14.0. The molecule has 1 aliphatic carbocycles. The highest BCUT2D eigenvalue weighted by molar-refractivity contribution is 6.17. The number of ether oxygens (including phenoxy) is 1. The molecule has 2 heterocycles. The summed E-state index contributed by atoms with van der Waals surface area (Å²) in [6, 6.07) is 16.5. The zero-order valence-corrected chi connectivity index (χ0v) is 22.6. The van der Waals surface area contributed by atoms with Crippen molar-refractivity contribution >= 4 is 28.7 Å². The van der Waals surface area contributed by atoms with Crippen molar-refractivity contribution < 1.29 is 9.53 Å². The third kappa shape index (κ3) is 5.77. The van der Waals surface area contributed by atoms with E-state index in [1.54, 1.807) is 4.90 Å². The molecule has 2 aromatic rings. The molecule has 2 N–H and O–H groups in total. The molecule has 2 fully saturated rings. The minimum Gasteiger partial charge on any atom is -0.384 e. The smallest absolute Gasteiger partial charge is 0.258 e. The maximum Gasteiger partial charge on any atom is 0.258 e. The van der Waals surface area contributed by atoms with Crippen molar-refractivity contribution in [3.05, 3.63) is 53.6 Å². The highest BCUT2D eigenvalue weighted by Gasteiger charge is 2.40. The van der Waals surface area contributed by atoms with E-state index in [2.05, 4.69) is 16.7 Å². The minimum atomic E-state index is -0.911. The van der Waals surface area contributed by atoms with Crippen molar-refractivity contribution in [2.45, 2.75) is 70.4 Å². The Bertz CT molecular complexity index is 1200. The molecule has 1 amide bonds. The van der Waals surface area contributed by atoms with Gasteiger partial charge in [-0.1, -0.05) is 19.3 Å². The van der Waals surface area contributed by atoms with Crippen LogP contribution in [0.4, 0.5) is 17.1 Å². The number of amides is 1. The van der Waals surface area contributed by atoms with Crippen LogP contribution in [0.5, 0.6) is 0 Å². The van der Waals surface area contributed by atoms with Crippen LogP contribution in [0.1, 0.15) is 69.9 Å². The molecular formula is C31H39N5O2. The fourth-order valence-corrected chi connectivity index (χ4v) is 5.85. The van der Waals surface area contributed by atoms with Gasteiger partial charge in [0.25, 0.3) is 5.91 Å². The van der Waals surface area contributed by atoms with Crippen molar-refractivity contribution in [2.24, 2.45) is 10.9 Å². The normalized spacial score (nSPS) is 20.3. The second-order valence-corrected chi connectivity index (χ2v) is 11.2. The van der Waals surface area contributed by atoms with E-state index in [1.165, 1.54) is 19.3 Å². The van der Waals surface area contributed by atoms with Gasteiger partial charge in [-0.25, -0.2) is 0 Å². The number of rotatable bonds is 7. The Balaban J connectivity index is 1.39. The van der Waals surface area contributed by atoms with E-state index in [1.807, 2.05) is 56.3 Å². The number of aliphatic imine (C=N–C) groups is 1. The van der Waals surface area contributed by atoms with Crippen molar-refractivity contribution in [1.29, 1.82) is 5.26 Å². The Labute approximate surface area is 226 Å². The molecule has 2 aliphatic heterocycles. The second kappa shape index (κ2) is 11.7. The fourth-order valence-electron chi connectivity index (χ4n) is 5.85. The summed E-state index contributed by atoms with van der Waals surface area (Å²) in [5, 5.41) is 16.7. The van der Waals surface area contributed by atoms with Gasteiger partial charge in [-0.3, -0.25) is 14.7 Å². The first kappa shape index (κ1) is 26.4. The molecule has 1 saturated carbocycles. The van der Waals surface area contributed by atoms with Crippen LogP contribution in [0.3, 0.4) is 0 Å². The molecule has 5 rings (SSSR count). The molecule has 0 unspecified atom stereocenters. The van der Waals surface area contributed by atoms with Crippen LogP contribution in [0.2, 0.25) is 0 Å². The quantitative estimate of drug-likeness (QED) is 0.473. The Morgan fingerprint density at radius 3 is 2.47 bits per heavy atom. The lowest BCUT2D eigenvalue weighted by molar-refractivity contribution is -0.121. The topological polar surface area (TPSA) is 89.8 Å². The average molecular weight is 514 g/mol.